The summed E-state index contributed by atoms with van der Waals surface area (Å²) in [4.78, 5) is 20.4. The molecule has 0 atom stereocenters. The Hall–Kier alpha value is -2.34. The second-order valence-corrected chi connectivity index (χ2v) is 5.81. The number of anilines is 1. The summed E-state index contributed by atoms with van der Waals surface area (Å²) in [5.74, 6) is 0.577. The lowest BCUT2D eigenvalue weighted by Crippen LogP contribution is -2.11. The summed E-state index contributed by atoms with van der Waals surface area (Å²) in [7, 11) is 0. The molecule has 2 heterocycles. The van der Waals surface area contributed by atoms with Gasteiger partial charge in [-0.3, -0.25) is 4.79 Å². The standard InChI is InChI=1S/C16H15N3O2S/c1-11-7-8-13-15(17-11)19-16(21-13)22-10-9-14(20)18-12-5-3-2-4-6-12/h2-8H,9-10H2,1H3,(H,18,20). The number of amides is 1. The first kappa shape index (κ1) is 14.6. The lowest BCUT2D eigenvalue weighted by atomic mass is 10.3. The quantitative estimate of drug-likeness (QED) is 0.728. The monoisotopic (exact) mass is 313 g/mol. The summed E-state index contributed by atoms with van der Waals surface area (Å²) in [5, 5.41) is 3.39. The Morgan fingerprint density at radius 3 is 2.82 bits per heavy atom. The van der Waals surface area contributed by atoms with E-state index < -0.39 is 0 Å². The molecule has 0 radical (unpaired) electrons. The number of thioether (sulfide) groups is 1. The van der Waals surface area contributed by atoms with Crippen molar-refractivity contribution in [3.05, 3.63) is 48.2 Å². The van der Waals surface area contributed by atoms with Gasteiger partial charge >= 0.3 is 0 Å². The number of pyridine rings is 1. The molecule has 112 valence electrons. The van der Waals surface area contributed by atoms with Crippen LogP contribution in [-0.2, 0) is 4.79 Å². The number of benzene rings is 1. The van der Waals surface area contributed by atoms with Gasteiger partial charge in [0.2, 0.25) is 5.91 Å². The summed E-state index contributed by atoms with van der Waals surface area (Å²) in [6, 6.07) is 13.1. The van der Waals surface area contributed by atoms with Crippen molar-refractivity contribution in [3.63, 3.8) is 0 Å². The van der Waals surface area contributed by atoms with Crippen molar-refractivity contribution in [1.29, 1.82) is 0 Å². The van der Waals surface area contributed by atoms with Crippen LogP contribution in [0.4, 0.5) is 5.69 Å². The molecular weight excluding hydrogens is 298 g/mol. The molecule has 1 N–H and O–H groups in total. The Kier molecular flexibility index (Phi) is 4.39. The zero-order valence-electron chi connectivity index (χ0n) is 12.1. The van der Waals surface area contributed by atoms with E-state index in [9.17, 15) is 4.79 Å². The number of carbonyl (C=O) groups is 1. The highest BCUT2D eigenvalue weighted by Crippen LogP contribution is 2.23. The van der Waals surface area contributed by atoms with Gasteiger partial charge in [-0.15, -0.1) is 0 Å². The maximum absolute atomic E-state index is 11.8. The molecule has 0 saturated heterocycles. The molecule has 22 heavy (non-hydrogen) atoms. The summed E-state index contributed by atoms with van der Waals surface area (Å²) in [6.07, 6.45) is 0.394. The van der Waals surface area contributed by atoms with Crippen LogP contribution in [0, 0.1) is 6.92 Å². The molecular formula is C16H15N3O2S. The number of carbonyl (C=O) groups excluding carboxylic acids is 1. The van der Waals surface area contributed by atoms with Crippen molar-refractivity contribution in [2.75, 3.05) is 11.1 Å². The van der Waals surface area contributed by atoms with Crippen molar-refractivity contribution < 1.29 is 9.21 Å². The van der Waals surface area contributed by atoms with Crippen LogP contribution in [0.3, 0.4) is 0 Å². The van der Waals surface area contributed by atoms with Gasteiger partial charge < -0.3 is 9.73 Å². The maximum atomic E-state index is 11.8. The zero-order valence-corrected chi connectivity index (χ0v) is 12.9. The number of hydrogen-bond donors (Lipinski definition) is 1. The van der Waals surface area contributed by atoms with Gasteiger partial charge in [-0.05, 0) is 31.2 Å². The number of rotatable bonds is 5. The minimum Gasteiger partial charge on any atom is -0.430 e. The Morgan fingerprint density at radius 2 is 2.00 bits per heavy atom. The highest BCUT2D eigenvalue weighted by molar-refractivity contribution is 7.99. The molecule has 3 rings (SSSR count). The number of hydrogen-bond acceptors (Lipinski definition) is 5. The number of nitrogens with zero attached hydrogens (tertiary/aromatic N) is 2. The van der Waals surface area contributed by atoms with Gasteiger partial charge in [0, 0.05) is 23.6 Å². The zero-order chi connectivity index (χ0) is 15.4. The summed E-state index contributed by atoms with van der Waals surface area (Å²) < 4.78 is 5.58. The van der Waals surface area contributed by atoms with Crippen LogP contribution in [0.1, 0.15) is 12.1 Å². The van der Waals surface area contributed by atoms with Crippen LogP contribution in [0.15, 0.2) is 52.1 Å². The fourth-order valence-corrected chi connectivity index (χ4v) is 2.69. The van der Waals surface area contributed by atoms with E-state index in [1.807, 2.05) is 49.4 Å². The van der Waals surface area contributed by atoms with Crippen LogP contribution in [0.5, 0.6) is 0 Å². The van der Waals surface area contributed by atoms with E-state index in [4.69, 9.17) is 4.42 Å². The number of fused-ring (bicyclic) bond motifs is 1. The molecule has 0 unspecified atom stereocenters. The number of nitrogens with one attached hydrogen (secondary N) is 1. The third-order valence-electron chi connectivity index (χ3n) is 2.99. The van der Waals surface area contributed by atoms with Gasteiger partial charge in [0.25, 0.3) is 5.22 Å². The van der Waals surface area contributed by atoms with E-state index >= 15 is 0 Å². The van der Waals surface area contributed by atoms with Gasteiger partial charge in [0.1, 0.15) is 0 Å². The Labute approximate surface area is 132 Å². The second kappa shape index (κ2) is 6.62. The Balaban J connectivity index is 1.52. The number of para-hydroxylation sites is 1. The average Bonchev–Trinajstić information content (AvgIpc) is 2.90. The van der Waals surface area contributed by atoms with Gasteiger partial charge in [-0.25, -0.2) is 4.98 Å². The van der Waals surface area contributed by atoms with Gasteiger partial charge in [-0.1, -0.05) is 30.0 Å². The van der Waals surface area contributed by atoms with Crippen molar-refractivity contribution in [2.45, 2.75) is 18.6 Å². The highest BCUT2D eigenvalue weighted by Gasteiger charge is 2.09. The molecule has 0 aliphatic rings. The van der Waals surface area contributed by atoms with E-state index in [0.717, 1.165) is 11.4 Å². The fraction of sp³-hybridized carbons (Fsp3) is 0.188. The predicted molar refractivity (Wildman–Crippen MR) is 87.0 cm³/mol. The van der Waals surface area contributed by atoms with Crippen molar-refractivity contribution >= 4 is 34.6 Å². The predicted octanol–water partition coefficient (Wildman–Crippen LogP) is 3.65. The summed E-state index contributed by atoms with van der Waals surface area (Å²) in [5.41, 5.74) is 2.98. The third-order valence-corrected chi connectivity index (χ3v) is 3.82. The lowest BCUT2D eigenvalue weighted by Gasteiger charge is -2.03. The van der Waals surface area contributed by atoms with Gasteiger partial charge in [0.15, 0.2) is 11.2 Å². The molecule has 0 fully saturated rings. The third kappa shape index (κ3) is 3.65. The smallest absolute Gasteiger partial charge is 0.258 e. The highest BCUT2D eigenvalue weighted by atomic mass is 32.2. The number of aromatic nitrogens is 2. The minimum absolute atomic E-state index is 0.0243. The number of aryl methyl sites for hydroxylation is 1. The van der Waals surface area contributed by atoms with E-state index in [2.05, 4.69) is 15.3 Å². The molecule has 0 aliphatic carbocycles. The van der Waals surface area contributed by atoms with E-state index in [0.29, 0.717) is 28.6 Å². The molecule has 2 aromatic heterocycles. The van der Waals surface area contributed by atoms with Crippen molar-refractivity contribution in [3.8, 4) is 0 Å². The van der Waals surface area contributed by atoms with E-state index in [1.54, 1.807) is 0 Å². The van der Waals surface area contributed by atoms with E-state index in [1.165, 1.54) is 11.8 Å². The van der Waals surface area contributed by atoms with Gasteiger partial charge in [0.05, 0.1) is 0 Å². The van der Waals surface area contributed by atoms with Crippen LogP contribution in [0.25, 0.3) is 11.2 Å². The lowest BCUT2D eigenvalue weighted by molar-refractivity contribution is -0.115. The molecule has 6 heteroatoms. The van der Waals surface area contributed by atoms with Crippen LogP contribution < -0.4 is 5.32 Å². The molecule has 5 nitrogen and oxygen atoms in total. The number of oxazole rings is 1. The first-order chi connectivity index (χ1) is 10.7. The first-order valence-electron chi connectivity index (χ1n) is 6.92. The molecule has 0 aliphatic heterocycles. The molecule has 0 saturated carbocycles. The first-order valence-corrected chi connectivity index (χ1v) is 7.91. The topological polar surface area (TPSA) is 68.0 Å². The van der Waals surface area contributed by atoms with Crippen molar-refractivity contribution in [1.82, 2.24) is 9.97 Å². The molecule has 0 spiro atoms. The molecule has 3 aromatic rings. The second-order valence-electron chi connectivity index (χ2n) is 4.77. The van der Waals surface area contributed by atoms with E-state index in [-0.39, 0.29) is 5.91 Å². The SMILES string of the molecule is Cc1ccc2oc(SCCC(=O)Nc3ccccc3)nc2n1. The molecule has 1 aromatic carbocycles. The Bertz CT molecular complexity index is 786. The fourth-order valence-electron chi connectivity index (χ4n) is 1.93. The molecule has 1 amide bonds. The largest absolute Gasteiger partial charge is 0.430 e. The van der Waals surface area contributed by atoms with Crippen LogP contribution in [-0.4, -0.2) is 21.6 Å². The van der Waals surface area contributed by atoms with Crippen LogP contribution >= 0.6 is 11.8 Å². The average molecular weight is 313 g/mol. The summed E-state index contributed by atoms with van der Waals surface area (Å²) in [6.45, 7) is 1.91. The minimum atomic E-state index is -0.0243. The molecule has 0 bridgehead atoms. The Morgan fingerprint density at radius 1 is 1.18 bits per heavy atom. The normalized spacial score (nSPS) is 10.8. The maximum Gasteiger partial charge on any atom is 0.258 e. The van der Waals surface area contributed by atoms with Crippen molar-refractivity contribution in [2.24, 2.45) is 0 Å². The van der Waals surface area contributed by atoms with Crippen LogP contribution in [0.2, 0.25) is 0 Å². The van der Waals surface area contributed by atoms with Gasteiger partial charge in [-0.2, -0.15) is 4.98 Å². The summed E-state index contributed by atoms with van der Waals surface area (Å²) >= 11 is 1.41.